The van der Waals surface area contributed by atoms with Crippen molar-refractivity contribution in [3.63, 3.8) is 0 Å². The van der Waals surface area contributed by atoms with Crippen LogP contribution in [0.1, 0.15) is 44.0 Å². The Kier molecular flexibility index (Phi) is 5.31. The number of hydrogen-bond donors (Lipinski definition) is 2. The van der Waals surface area contributed by atoms with Crippen LogP contribution in [0, 0.1) is 0 Å². The van der Waals surface area contributed by atoms with E-state index in [0.717, 1.165) is 33.9 Å². The van der Waals surface area contributed by atoms with Crippen LogP contribution >= 0.6 is 0 Å². The second kappa shape index (κ2) is 8.33. The minimum atomic E-state index is -0.804. The number of carbonyl (C=O) groups is 1. The highest BCUT2D eigenvalue weighted by Gasteiger charge is 2.53. The zero-order valence-electron chi connectivity index (χ0n) is 19.2. The average molecular weight is 456 g/mol. The van der Waals surface area contributed by atoms with Crippen LogP contribution < -0.4 is 5.32 Å². The van der Waals surface area contributed by atoms with Crippen LogP contribution in [-0.2, 0) is 17.3 Å². The predicted octanol–water partition coefficient (Wildman–Crippen LogP) is 4.32. The molecule has 0 aliphatic heterocycles. The standard InChI is InChI=1S/C25H25N7O2/c1-15(2)20-13-26-14-22(30-20)31-23-18(12-29-32(23)3)19-6-4-16(10-27-19)17-5-7-21(28-11-17)25(8-9-25)24(33)34/h4-7,10-15H,8-9H2,1-3H3,(H,30,31)(H,33,34). The van der Waals surface area contributed by atoms with E-state index in [4.69, 9.17) is 0 Å². The molecule has 0 amide bonds. The summed E-state index contributed by atoms with van der Waals surface area (Å²) >= 11 is 0. The number of carboxylic acids is 1. The van der Waals surface area contributed by atoms with Gasteiger partial charge in [0.05, 0.1) is 35.0 Å². The first-order valence-corrected chi connectivity index (χ1v) is 11.1. The lowest BCUT2D eigenvalue weighted by Crippen LogP contribution is -2.20. The summed E-state index contributed by atoms with van der Waals surface area (Å²) in [4.78, 5) is 29.5. The molecular weight excluding hydrogens is 430 g/mol. The van der Waals surface area contributed by atoms with Gasteiger partial charge in [0.1, 0.15) is 17.1 Å². The molecule has 0 unspecified atom stereocenters. The molecule has 0 spiro atoms. The molecule has 5 rings (SSSR count). The van der Waals surface area contributed by atoms with Gasteiger partial charge in [-0.2, -0.15) is 5.10 Å². The maximum absolute atomic E-state index is 11.5. The second-order valence-corrected chi connectivity index (χ2v) is 8.89. The Morgan fingerprint density at radius 3 is 2.35 bits per heavy atom. The minimum Gasteiger partial charge on any atom is -0.481 e. The molecule has 172 valence electrons. The lowest BCUT2D eigenvalue weighted by molar-refractivity contribution is -0.140. The van der Waals surface area contributed by atoms with Crippen molar-refractivity contribution in [1.29, 1.82) is 0 Å². The van der Waals surface area contributed by atoms with Crippen molar-refractivity contribution in [2.24, 2.45) is 7.05 Å². The molecular formula is C25H25N7O2. The van der Waals surface area contributed by atoms with Crippen molar-refractivity contribution in [3.8, 4) is 22.4 Å². The van der Waals surface area contributed by atoms with Gasteiger partial charge in [0, 0.05) is 36.8 Å². The quantitative estimate of drug-likeness (QED) is 0.423. The molecule has 4 heterocycles. The fraction of sp³-hybridized carbons (Fsp3) is 0.280. The first-order valence-electron chi connectivity index (χ1n) is 11.1. The topological polar surface area (TPSA) is 119 Å². The van der Waals surface area contributed by atoms with Gasteiger partial charge in [0.2, 0.25) is 0 Å². The van der Waals surface area contributed by atoms with Crippen LogP contribution in [0.2, 0.25) is 0 Å². The number of rotatable bonds is 7. The van der Waals surface area contributed by atoms with Crippen molar-refractivity contribution in [3.05, 3.63) is 66.6 Å². The van der Waals surface area contributed by atoms with E-state index < -0.39 is 11.4 Å². The summed E-state index contributed by atoms with van der Waals surface area (Å²) in [6.45, 7) is 4.15. The summed E-state index contributed by atoms with van der Waals surface area (Å²) in [5, 5.41) is 17.2. The van der Waals surface area contributed by atoms with Gasteiger partial charge in [-0.05, 0) is 30.9 Å². The molecule has 2 N–H and O–H groups in total. The van der Waals surface area contributed by atoms with Crippen molar-refractivity contribution in [1.82, 2.24) is 29.7 Å². The van der Waals surface area contributed by atoms with Gasteiger partial charge in [0.15, 0.2) is 0 Å². The smallest absolute Gasteiger partial charge is 0.315 e. The summed E-state index contributed by atoms with van der Waals surface area (Å²) in [5.74, 6) is 0.886. The van der Waals surface area contributed by atoms with Gasteiger partial charge >= 0.3 is 5.97 Å². The Morgan fingerprint density at radius 1 is 1.03 bits per heavy atom. The van der Waals surface area contributed by atoms with Crippen molar-refractivity contribution in [2.75, 3.05) is 5.32 Å². The number of aliphatic carboxylic acids is 1. The predicted molar refractivity (Wildman–Crippen MR) is 128 cm³/mol. The SMILES string of the molecule is CC(C)c1cncc(Nc2c(-c3ccc(-c4ccc(C5(C(=O)O)CC5)nc4)cn3)cnn2C)n1. The number of aryl methyl sites for hydroxylation is 1. The third-order valence-corrected chi connectivity index (χ3v) is 6.22. The number of pyridine rings is 2. The van der Waals surface area contributed by atoms with Crippen molar-refractivity contribution >= 4 is 17.6 Å². The Labute approximate surface area is 197 Å². The number of nitrogens with zero attached hydrogens (tertiary/aromatic N) is 6. The largest absolute Gasteiger partial charge is 0.481 e. The third kappa shape index (κ3) is 3.89. The summed E-state index contributed by atoms with van der Waals surface area (Å²) in [5.41, 5.74) is 4.11. The Morgan fingerprint density at radius 2 is 1.76 bits per heavy atom. The lowest BCUT2D eigenvalue weighted by Gasteiger charge is -2.11. The molecule has 0 atom stereocenters. The minimum absolute atomic E-state index is 0.275. The van der Waals surface area contributed by atoms with E-state index >= 15 is 0 Å². The van der Waals surface area contributed by atoms with E-state index in [2.05, 4.69) is 44.2 Å². The molecule has 0 saturated heterocycles. The highest BCUT2D eigenvalue weighted by atomic mass is 16.4. The number of nitrogens with one attached hydrogen (secondary N) is 1. The van der Waals surface area contributed by atoms with E-state index in [1.807, 2.05) is 25.2 Å². The number of hydrogen-bond acceptors (Lipinski definition) is 7. The highest BCUT2D eigenvalue weighted by molar-refractivity contribution is 5.84. The lowest BCUT2D eigenvalue weighted by atomic mass is 10.0. The molecule has 0 aromatic carbocycles. The fourth-order valence-electron chi connectivity index (χ4n) is 3.89. The number of anilines is 2. The van der Waals surface area contributed by atoms with E-state index in [-0.39, 0.29) is 5.92 Å². The van der Waals surface area contributed by atoms with Gasteiger partial charge in [0.25, 0.3) is 0 Å². The zero-order valence-corrected chi connectivity index (χ0v) is 19.2. The maximum atomic E-state index is 11.5. The molecule has 0 bridgehead atoms. The zero-order chi connectivity index (χ0) is 23.9. The molecule has 1 saturated carbocycles. The van der Waals surface area contributed by atoms with Crippen LogP contribution in [0.15, 0.2) is 55.2 Å². The normalized spacial score (nSPS) is 14.2. The van der Waals surface area contributed by atoms with Gasteiger partial charge in [-0.1, -0.05) is 26.0 Å². The van der Waals surface area contributed by atoms with Crippen molar-refractivity contribution in [2.45, 2.75) is 38.0 Å². The summed E-state index contributed by atoms with van der Waals surface area (Å²) in [6, 6.07) is 7.61. The van der Waals surface area contributed by atoms with Crippen LogP contribution in [-0.4, -0.2) is 40.8 Å². The van der Waals surface area contributed by atoms with Crippen LogP contribution in [0.4, 0.5) is 11.6 Å². The molecule has 4 aromatic heterocycles. The third-order valence-electron chi connectivity index (χ3n) is 6.22. The summed E-state index contributed by atoms with van der Waals surface area (Å²) in [6.07, 6.45) is 10.00. The first kappa shape index (κ1) is 21.7. The van der Waals surface area contributed by atoms with Crippen molar-refractivity contribution < 1.29 is 9.90 Å². The molecule has 9 nitrogen and oxygen atoms in total. The highest BCUT2D eigenvalue weighted by Crippen LogP contribution is 2.47. The number of carboxylic acid groups (broad SMARTS) is 1. The van der Waals surface area contributed by atoms with Gasteiger partial charge in [-0.3, -0.25) is 24.4 Å². The van der Waals surface area contributed by atoms with E-state index in [1.54, 1.807) is 41.7 Å². The second-order valence-electron chi connectivity index (χ2n) is 8.89. The first-order chi connectivity index (χ1) is 16.4. The molecule has 4 aromatic rings. The molecule has 34 heavy (non-hydrogen) atoms. The van der Waals surface area contributed by atoms with Crippen LogP contribution in [0.5, 0.6) is 0 Å². The fourth-order valence-corrected chi connectivity index (χ4v) is 3.89. The molecule has 1 aliphatic rings. The van der Waals surface area contributed by atoms with Crippen LogP contribution in [0.25, 0.3) is 22.4 Å². The summed E-state index contributed by atoms with van der Waals surface area (Å²) < 4.78 is 1.74. The van der Waals surface area contributed by atoms with E-state index in [9.17, 15) is 9.90 Å². The van der Waals surface area contributed by atoms with Gasteiger partial charge in [-0.25, -0.2) is 4.98 Å². The molecule has 0 radical (unpaired) electrons. The van der Waals surface area contributed by atoms with Crippen LogP contribution in [0.3, 0.4) is 0 Å². The maximum Gasteiger partial charge on any atom is 0.315 e. The molecule has 1 aliphatic carbocycles. The summed E-state index contributed by atoms with van der Waals surface area (Å²) in [7, 11) is 1.86. The van der Waals surface area contributed by atoms with Gasteiger partial charge < -0.3 is 10.4 Å². The van der Waals surface area contributed by atoms with E-state index in [0.29, 0.717) is 24.4 Å². The Bertz CT molecular complexity index is 1340. The monoisotopic (exact) mass is 455 g/mol. The Balaban J connectivity index is 1.38. The Hall–Kier alpha value is -4.14. The van der Waals surface area contributed by atoms with Gasteiger partial charge in [-0.15, -0.1) is 0 Å². The average Bonchev–Trinajstić information content (AvgIpc) is 3.59. The molecule has 1 fully saturated rings. The number of aromatic nitrogens is 6. The van der Waals surface area contributed by atoms with E-state index in [1.165, 1.54) is 0 Å². The molecule has 9 heteroatoms.